The second-order valence-corrected chi connectivity index (χ2v) is 9.45. The van der Waals surface area contributed by atoms with Gasteiger partial charge in [0.05, 0.1) is 11.9 Å². The molecular weight excluding hydrogens is 391 g/mol. The maximum Gasteiger partial charge on any atom is 0.213 e. The van der Waals surface area contributed by atoms with Crippen molar-refractivity contribution in [2.24, 2.45) is 0 Å². The van der Waals surface area contributed by atoms with E-state index in [1.54, 1.807) is 35.9 Å². The van der Waals surface area contributed by atoms with Gasteiger partial charge in [-0.2, -0.15) is 0 Å². The number of nitrogens with one attached hydrogen (secondary N) is 1. The first-order valence-electron chi connectivity index (χ1n) is 9.70. The highest BCUT2D eigenvalue weighted by molar-refractivity contribution is 7.89. The van der Waals surface area contributed by atoms with Crippen LogP contribution in [0.2, 0.25) is 0 Å². The molecule has 2 aromatic heterocycles. The van der Waals surface area contributed by atoms with Crippen LogP contribution in [-0.2, 0) is 10.0 Å². The largest absolute Gasteiger partial charge is 0.382 e. The highest BCUT2D eigenvalue weighted by Gasteiger charge is 2.27. The van der Waals surface area contributed by atoms with Gasteiger partial charge < -0.3 is 5.32 Å². The van der Waals surface area contributed by atoms with Crippen molar-refractivity contribution >= 4 is 26.5 Å². The molecule has 1 fully saturated rings. The number of hydrogen-bond acceptors (Lipinski definition) is 5. The summed E-state index contributed by atoms with van der Waals surface area (Å²) >= 11 is 0. The smallest absolute Gasteiger partial charge is 0.213 e. The topological polar surface area (TPSA) is 75.2 Å². The van der Waals surface area contributed by atoms with Crippen LogP contribution in [0.1, 0.15) is 19.8 Å². The number of fused-ring (bicyclic) bond motifs is 1. The number of benzene rings is 1. The predicted octanol–water partition coefficient (Wildman–Crippen LogP) is 3.66. The maximum atomic E-state index is 14.3. The van der Waals surface area contributed by atoms with Gasteiger partial charge in [-0.05, 0) is 55.0 Å². The number of halogens is 1. The van der Waals surface area contributed by atoms with Crippen LogP contribution in [0.5, 0.6) is 0 Å². The summed E-state index contributed by atoms with van der Waals surface area (Å²) in [6.07, 6.45) is 7.73. The third-order valence-corrected chi connectivity index (χ3v) is 7.29. The van der Waals surface area contributed by atoms with E-state index < -0.39 is 10.0 Å². The Balaban J connectivity index is 1.63. The van der Waals surface area contributed by atoms with E-state index in [1.807, 2.05) is 18.2 Å². The van der Waals surface area contributed by atoms with E-state index in [-0.39, 0.29) is 17.6 Å². The lowest BCUT2D eigenvalue weighted by molar-refractivity contribution is 0.330. The Morgan fingerprint density at radius 3 is 2.59 bits per heavy atom. The standard InChI is InChI=1S/C21H23FN4O2S/c1-2-29(27,28)26-9-5-17(6-10-26)25-21-12-16(18-4-8-24-14-20(18)22)11-15-3-7-23-13-19(15)21/h3-4,7-8,11-14,17,25H,2,5-6,9-10H2,1H3. The minimum Gasteiger partial charge on any atom is -0.382 e. The number of sulfonamides is 1. The van der Waals surface area contributed by atoms with Crippen molar-refractivity contribution in [2.45, 2.75) is 25.8 Å². The average Bonchev–Trinajstić information content (AvgIpc) is 2.74. The normalized spacial score (nSPS) is 16.2. The minimum absolute atomic E-state index is 0.126. The molecule has 1 saturated heterocycles. The summed E-state index contributed by atoms with van der Waals surface area (Å²) in [5.74, 6) is -0.244. The highest BCUT2D eigenvalue weighted by Crippen LogP contribution is 2.33. The van der Waals surface area contributed by atoms with E-state index in [1.165, 1.54) is 6.20 Å². The molecule has 1 aliphatic heterocycles. The zero-order valence-corrected chi connectivity index (χ0v) is 17.0. The Kier molecular flexibility index (Phi) is 5.47. The van der Waals surface area contributed by atoms with E-state index in [0.717, 1.165) is 34.9 Å². The van der Waals surface area contributed by atoms with Gasteiger partial charge in [-0.3, -0.25) is 9.97 Å². The predicted molar refractivity (Wildman–Crippen MR) is 113 cm³/mol. The molecule has 0 unspecified atom stereocenters. The first-order valence-corrected chi connectivity index (χ1v) is 11.3. The number of hydrogen-bond donors (Lipinski definition) is 1. The summed E-state index contributed by atoms with van der Waals surface area (Å²) in [6, 6.07) is 7.57. The molecule has 0 radical (unpaired) electrons. The summed E-state index contributed by atoms with van der Waals surface area (Å²) in [4.78, 5) is 8.06. The summed E-state index contributed by atoms with van der Waals surface area (Å²) < 4.78 is 40.0. The zero-order valence-electron chi connectivity index (χ0n) is 16.2. The average molecular weight is 415 g/mol. The number of aromatic nitrogens is 2. The lowest BCUT2D eigenvalue weighted by Crippen LogP contribution is -2.42. The quantitative estimate of drug-likeness (QED) is 0.690. The third kappa shape index (κ3) is 4.09. The van der Waals surface area contributed by atoms with Gasteiger partial charge in [0.1, 0.15) is 5.82 Å². The molecule has 1 aliphatic rings. The molecule has 1 N–H and O–H groups in total. The Labute approximate surface area is 169 Å². The molecule has 29 heavy (non-hydrogen) atoms. The van der Waals surface area contributed by atoms with Gasteiger partial charge in [-0.15, -0.1) is 0 Å². The van der Waals surface area contributed by atoms with Gasteiger partial charge in [0.25, 0.3) is 0 Å². The SMILES string of the molecule is CCS(=O)(=O)N1CCC(Nc2cc(-c3ccncc3F)cc3ccncc23)CC1. The van der Waals surface area contributed by atoms with Crippen LogP contribution in [0.25, 0.3) is 21.9 Å². The number of anilines is 1. The van der Waals surface area contributed by atoms with Gasteiger partial charge in [-0.25, -0.2) is 17.1 Å². The molecule has 1 aromatic carbocycles. The Morgan fingerprint density at radius 2 is 1.86 bits per heavy atom. The molecule has 0 spiro atoms. The summed E-state index contributed by atoms with van der Waals surface area (Å²) in [5.41, 5.74) is 2.13. The van der Waals surface area contributed by atoms with Crippen LogP contribution in [-0.4, -0.2) is 47.6 Å². The molecular formula is C21H23FN4O2S. The van der Waals surface area contributed by atoms with Crippen LogP contribution in [0.4, 0.5) is 10.1 Å². The van der Waals surface area contributed by atoms with Crippen molar-refractivity contribution in [3.05, 3.63) is 54.9 Å². The summed E-state index contributed by atoms with van der Waals surface area (Å²) in [6.45, 7) is 2.67. The van der Waals surface area contributed by atoms with Crippen LogP contribution in [0.15, 0.2) is 49.1 Å². The number of piperidine rings is 1. The minimum atomic E-state index is -3.15. The zero-order chi connectivity index (χ0) is 20.4. The molecule has 6 nitrogen and oxygen atoms in total. The first-order chi connectivity index (χ1) is 14.0. The van der Waals surface area contributed by atoms with Gasteiger partial charge in [0.2, 0.25) is 10.0 Å². The molecule has 0 saturated carbocycles. The van der Waals surface area contributed by atoms with Gasteiger partial charge in [0, 0.05) is 54.4 Å². The molecule has 0 amide bonds. The van der Waals surface area contributed by atoms with E-state index in [0.29, 0.717) is 18.7 Å². The molecule has 8 heteroatoms. The molecule has 0 bridgehead atoms. The van der Waals surface area contributed by atoms with Crippen LogP contribution >= 0.6 is 0 Å². The highest BCUT2D eigenvalue weighted by atomic mass is 32.2. The lowest BCUT2D eigenvalue weighted by Gasteiger charge is -2.32. The third-order valence-electron chi connectivity index (χ3n) is 5.41. The second kappa shape index (κ2) is 8.04. The Hall–Kier alpha value is -2.58. The lowest BCUT2D eigenvalue weighted by atomic mass is 9.99. The first kappa shape index (κ1) is 19.7. The van der Waals surface area contributed by atoms with E-state index in [4.69, 9.17) is 0 Å². The fourth-order valence-electron chi connectivity index (χ4n) is 3.76. The number of rotatable bonds is 5. The van der Waals surface area contributed by atoms with E-state index in [9.17, 15) is 12.8 Å². The van der Waals surface area contributed by atoms with Gasteiger partial charge in [0.15, 0.2) is 0 Å². The number of pyridine rings is 2. The fraction of sp³-hybridized carbons (Fsp3) is 0.333. The summed E-state index contributed by atoms with van der Waals surface area (Å²) in [7, 11) is -3.15. The summed E-state index contributed by atoms with van der Waals surface area (Å²) in [5, 5.41) is 5.46. The molecule has 0 atom stereocenters. The molecule has 152 valence electrons. The maximum absolute atomic E-state index is 14.3. The molecule has 4 rings (SSSR count). The van der Waals surface area contributed by atoms with E-state index in [2.05, 4.69) is 15.3 Å². The van der Waals surface area contributed by atoms with Crippen molar-refractivity contribution < 1.29 is 12.8 Å². The Bertz CT molecular complexity index is 1130. The fourth-order valence-corrected chi connectivity index (χ4v) is 4.90. The van der Waals surface area contributed by atoms with E-state index >= 15 is 0 Å². The van der Waals surface area contributed by atoms with Gasteiger partial charge >= 0.3 is 0 Å². The van der Waals surface area contributed by atoms with Crippen molar-refractivity contribution in [1.29, 1.82) is 0 Å². The van der Waals surface area contributed by atoms with Crippen molar-refractivity contribution in [1.82, 2.24) is 14.3 Å². The monoisotopic (exact) mass is 414 g/mol. The van der Waals surface area contributed by atoms with Crippen LogP contribution in [0, 0.1) is 5.82 Å². The van der Waals surface area contributed by atoms with Crippen molar-refractivity contribution in [3.8, 4) is 11.1 Å². The molecule has 3 aromatic rings. The van der Waals surface area contributed by atoms with Crippen molar-refractivity contribution in [3.63, 3.8) is 0 Å². The number of nitrogens with zero attached hydrogens (tertiary/aromatic N) is 3. The van der Waals surface area contributed by atoms with Crippen LogP contribution in [0.3, 0.4) is 0 Å². The van der Waals surface area contributed by atoms with Crippen LogP contribution < -0.4 is 5.32 Å². The molecule has 0 aliphatic carbocycles. The molecule has 3 heterocycles. The second-order valence-electron chi connectivity index (χ2n) is 7.19. The van der Waals surface area contributed by atoms with Crippen molar-refractivity contribution in [2.75, 3.05) is 24.2 Å². The Morgan fingerprint density at radius 1 is 1.14 bits per heavy atom. The van der Waals surface area contributed by atoms with Gasteiger partial charge in [-0.1, -0.05) is 0 Å².